The van der Waals surface area contributed by atoms with Gasteiger partial charge in [0.05, 0.1) is 6.42 Å². The van der Waals surface area contributed by atoms with Crippen molar-refractivity contribution in [2.45, 2.75) is 52.6 Å². The Hall–Kier alpha value is -2.62. The Morgan fingerprint density at radius 3 is 2.30 bits per heavy atom. The number of unbranched alkanes of at least 4 members (excludes halogenated alkanes) is 1. The van der Waals surface area contributed by atoms with Crippen molar-refractivity contribution in [1.82, 2.24) is 10.2 Å². The summed E-state index contributed by atoms with van der Waals surface area (Å²) in [7, 11) is 0. The first-order valence-electron chi connectivity index (χ1n) is 9.68. The Bertz CT molecular complexity index is 726. The normalized spacial score (nSPS) is 11.7. The largest absolute Gasteiger partial charge is 0.354 e. The fourth-order valence-corrected chi connectivity index (χ4v) is 2.88. The summed E-state index contributed by atoms with van der Waals surface area (Å²) < 4.78 is 0. The Morgan fingerprint density at radius 2 is 1.67 bits per heavy atom. The van der Waals surface area contributed by atoms with Crippen LogP contribution >= 0.6 is 0 Å². The molecule has 0 heterocycles. The van der Waals surface area contributed by atoms with Crippen LogP contribution in [0.5, 0.6) is 0 Å². The van der Waals surface area contributed by atoms with E-state index in [2.05, 4.69) is 12.2 Å². The van der Waals surface area contributed by atoms with Crippen LogP contribution in [0.1, 0.15) is 43.4 Å². The average Bonchev–Trinajstić information content (AvgIpc) is 2.67. The van der Waals surface area contributed by atoms with Gasteiger partial charge in [-0.1, -0.05) is 73.5 Å². The number of carbonyl (C=O) groups excluding carboxylic acids is 2. The third-order valence-corrected chi connectivity index (χ3v) is 4.67. The van der Waals surface area contributed by atoms with Crippen molar-refractivity contribution in [3.05, 3.63) is 71.3 Å². The highest BCUT2D eigenvalue weighted by Gasteiger charge is 2.25. The van der Waals surface area contributed by atoms with Gasteiger partial charge in [-0.05, 0) is 31.4 Å². The molecule has 2 aromatic rings. The third kappa shape index (κ3) is 6.55. The zero-order chi connectivity index (χ0) is 19.6. The highest BCUT2D eigenvalue weighted by atomic mass is 16.2. The molecule has 0 aliphatic heterocycles. The second-order valence-corrected chi connectivity index (χ2v) is 6.99. The van der Waals surface area contributed by atoms with Crippen molar-refractivity contribution < 1.29 is 9.59 Å². The lowest BCUT2D eigenvalue weighted by Crippen LogP contribution is -2.48. The van der Waals surface area contributed by atoms with Gasteiger partial charge in [0.2, 0.25) is 11.8 Å². The Labute approximate surface area is 162 Å². The van der Waals surface area contributed by atoms with E-state index >= 15 is 0 Å². The van der Waals surface area contributed by atoms with E-state index in [4.69, 9.17) is 0 Å². The highest BCUT2D eigenvalue weighted by molar-refractivity contribution is 5.88. The number of hydrogen-bond donors (Lipinski definition) is 1. The van der Waals surface area contributed by atoms with Crippen LogP contribution in [0.15, 0.2) is 54.6 Å². The summed E-state index contributed by atoms with van der Waals surface area (Å²) in [6, 6.07) is 17.2. The zero-order valence-corrected chi connectivity index (χ0v) is 16.6. The zero-order valence-electron chi connectivity index (χ0n) is 16.6. The molecule has 4 heteroatoms. The molecule has 0 aromatic heterocycles. The van der Waals surface area contributed by atoms with Gasteiger partial charge in [-0.15, -0.1) is 0 Å². The van der Waals surface area contributed by atoms with Crippen molar-refractivity contribution in [2.75, 3.05) is 6.54 Å². The number of nitrogens with zero attached hydrogens (tertiary/aromatic N) is 1. The van der Waals surface area contributed by atoms with Crippen molar-refractivity contribution in [3.63, 3.8) is 0 Å². The molecule has 0 saturated carbocycles. The van der Waals surface area contributed by atoms with E-state index in [1.54, 1.807) is 11.8 Å². The van der Waals surface area contributed by atoms with Crippen LogP contribution in [0.2, 0.25) is 0 Å². The van der Waals surface area contributed by atoms with Crippen LogP contribution in [-0.2, 0) is 22.6 Å². The predicted molar refractivity (Wildman–Crippen MR) is 109 cm³/mol. The summed E-state index contributed by atoms with van der Waals surface area (Å²) in [4.78, 5) is 27.2. The number of benzene rings is 2. The second kappa shape index (κ2) is 10.5. The van der Waals surface area contributed by atoms with Crippen LogP contribution in [0.3, 0.4) is 0 Å². The first-order valence-corrected chi connectivity index (χ1v) is 9.68. The summed E-state index contributed by atoms with van der Waals surface area (Å²) in [5, 5.41) is 2.94. The number of rotatable bonds is 9. The summed E-state index contributed by atoms with van der Waals surface area (Å²) in [6.45, 7) is 6.99. The summed E-state index contributed by atoms with van der Waals surface area (Å²) in [5.41, 5.74) is 3.15. The molecule has 0 unspecified atom stereocenters. The van der Waals surface area contributed by atoms with Crippen LogP contribution in [0, 0.1) is 6.92 Å². The number of aryl methyl sites for hydroxylation is 1. The third-order valence-electron chi connectivity index (χ3n) is 4.67. The lowest BCUT2D eigenvalue weighted by Gasteiger charge is -2.29. The lowest BCUT2D eigenvalue weighted by atomic mass is 10.1. The quantitative estimate of drug-likeness (QED) is 0.685. The van der Waals surface area contributed by atoms with Gasteiger partial charge in [0, 0.05) is 13.1 Å². The standard InChI is InChI=1S/C23H30N2O2/c1-4-5-15-24-23(27)19(3)25(17-21-13-11-18(2)12-14-21)22(26)16-20-9-7-6-8-10-20/h6-14,19H,4-5,15-17H2,1-3H3,(H,24,27)/t19-/m0/s1. The van der Waals surface area contributed by atoms with E-state index in [1.165, 1.54) is 5.56 Å². The van der Waals surface area contributed by atoms with E-state index in [1.807, 2.05) is 61.5 Å². The highest BCUT2D eigenvalue weighted by Crippen LogP contribution is 2.13. The Kier molecular flexibility index (Phi) is 8.05. The van der Waals surface area contributed by atoms with E-state index in [9.17, 15) is 9.59 Å². The maximum atomic E-state index is 13.0. The molecule has 0 aliphatic carbocycles. The van der Waals surface area contributed by atoms with Crippen LogP contribution < -0.4 is 5.32 Å². The summed E-state index contributed by atoms with van der Waals surface area (Å²) in [5.74, 6) is -0.142. The molecule has 1 N–H and O–H groups in total. The van der Waals surface area contributed by atoms with Crippen LogP contribution in [-0.4, -0.2) is 29.3 Å². The first kappa shape index (κ1) is 20.7. The van der Waals surface area contributed by atoms with E-state index in [-0.39, 0.29) is 11.8 Å². The maximum absolute atomic E-state index is 13.0. The van der Waals surface area contributed by atoms with Gasteiger partial charge in [-0.3, -0.25) is 9.59 Å². The van der Waals surface area contributed by atoms with Crippen LogP contribution in [0.4, 0.5) is 0 Å². The summed E-state index contributed by atoms with van der Waals surface area (Å²) >= 11 is 0. The second-order valence-electron chi connectivity index (χ2n) is 6.99. The monoisotopic (exact) mass is 366 g/mol. The fourth-order valence-electron chi connectivity index (χ4n) is 2.88. The van der Waals surface area contributed by atoms with E-state index in [0.29, 0.717) is 19.5 Å². The summed E-state index contributed by atoms with van der Waals surface area (Å²) in [6.07, 6.45) is 2.25. The van der Waals surface area contributed by atoms with Crippen molar-refractivity contribution in [1.29, 1.82) is 0 Å². The number of hydrogen-bond acceptors (Lipinski definition) is 2. The maximum Gasteiger partial charge on any atom is 0.242 e. The molecule has 27 heavy (non-hydrogen) atoms. The van der Waals surface area contributed by atoms with Crippen molar-refractivity contribution in [3.8, 4) is 0 Å². The molecule has 2 amide bonds. The van der Waals surface area contributed by atoms with Gasteiger partial charge >= 0.3 is 0 Å². The molecule has 4 nitrogen and oxygen atoms in total. The molecule has 0 radical (unpaired) electrons. The minimum Gasteiger partial charge on any atom is -0.354 e. The number of nitrogens with one attached hydrogen (secondary N) is 1. The molecule has 144 valence electrons. The van der Waals surface area contributed by atoms with Crippen molar-refractivity contribution >= 4 is 11.8 Å². The molecule has 1 atom stereocenters. The Morgan fingerprint density at radius 1 is 1.00 bits per heavy atom. The van der Waals surface area contributed by atoms with Crippen molar-refractivity contribution in [2.24, 2.45) is 0 Å². The average molecular weight is 367 g/mol. The van der Waals surface area contributed by atoms with Gasteiger partial charge in [-0.25, -0.2) is 0 Å². The minimum atomic E-state index is -0.514. The lowest BCUT2D eigenvalue weighted by molar-refractivity contribution is -0.140. The molecule has 2 rings (SSSR count). The van der Waals surface area contributed by atoms with Gasteiger partial charge in [0.15, 0.2) is 0 Å². The molecular formula is C23H30N2O2. The molecule has 0 saturated heterocycles. The van der Waals surface area contributed by atoms with E-state index < -0.39 is 6.04 Å². The van der Waals surface area contributed by atoms with E-state index in [0.717, 1.165) is 24.0 Å². The number of carbonyl (C=O) groups is 2. The Balaban J connectivity index is 2.14. The molecule has 0 bridgehead atoms. The SMILES string of the molecule is CCCCNC(=O)[C@H](C)N(Cc1ccc(C)cc1)C(=O)Cc1ccccc1. The topological polar surface area (TPSA) is 49.4 Å². The van der Waals surface area contributed by atoms with Gasteiger partial charge < -0.3 is 10.2 Å². The smallest absolute Gasteiger partial charge is 0.242 e. The van der Waals surface area contributed by atoms with Gasteiger partial charge in [0.25, 0.3) is 0 Å². The molecule has 0 spiro atoms. The number of amides is 2. The molecule has 2 aromatic carbocycles. The molecule has 0 fully saturated rings. The van der Waals surface area contributed by atoms with Gasteiger partial charge in [-0.2, -0.15) is 0 Å². The molecule has 0 aliphatic rings. The fraction of sp³-hybridized carbons (Fsp3) is 0.391. The van der Waals surface area contributed by atoms with Gasteiger partial charge in [0.1, 0.15) is 6.04 Å². The first-order chi connectivity index (χ1) is 13.0. The van der Waals surface area contributed by atoms with Crippen LogP contribution in [0.25, 0.3) is 0 Å². The predicted octanol–water partition coefficient (Wildman–Crippen LogP) is 3.87. The molecular weight excluding hydrogens is 336 g/mol. The minimum absolute atomic E-state index is 0.0417.